The third kappa shape index (κ3) is 5.03. The van der Waals surface area contributed by atoms with Gasteiger partial charge in [-0.1, -0.05) is 65.3 Å². The van der Waals surface area contributed by atoms with Gasteiger partial charge in [-0.2, -0.15) is 0 Å². The van der Waals surface area contributed by atoms with Gasteiger partial charge in [-0.15, -0.1) is 0 Å². The zero-order valence-corrected chi connectivity index (χ0v) is 22.5. The number of aliphatic imine (C=N–C) groups is 1. The summed E-state index contributed by atoms with van der Waals surface area (Å²) in [4.78, 5) is 21.5. The van der Waals surface area contributed by atoms with Crippen LogP contribution in [0.3, 0.4) is 0 Å². The van der Waals surface area contributed by atoms with E-state index in [9.17, 15) is 4.79 Å². The zero-order chi connectivity index (χ0) is 25.8. The number of nitrogens with zero attached hydrogens (tertiary/aromatic N) is 2. The first-order chi connectivity index (χ1) is 18.1. The Morgan fingerprint density at radius 1 is 1.08 bits per heavy atom. The number of aliphatic hydroxyl groups excluding tert-OH is 1. The Kier molecular flexibility index (Phi) is 7.63. The van der Waals surface area contributed by atoms with Crippen molar-refractivity contribution in [3.05, 3.63) is 99.5 Å². The summed E-state index contributed by atoms with van der Waals surface area (Å²) in [5, 5.41) is 9.00. The van der Waals surface area contributed by atoms with E-state index in [0.29, 0.717) is 44.2 Å². The quantitative estimate of drug-likeness (QED) is 0.370. The third-order valence-electron chi connectivity index (χ3n) is 6.92. The third-order valence-corrected chi connectivity index (χ3v) is 7.64. The molecule has 3 aromatic carbocycles. The number of amides is 1. The number of aliphatic hydroxyl groups is 1. The summed E-state index contributed by atoms with van der Waals surface area (Å²) >= 11 is 3.70. The fourth-order valence-corrected chi connectivity index (χ4v) is 5.60. The lowest BCUT2D eigenvalue weighted by Gasteiger charge is -2.33. The molecule has 37 heavy (non-hydrogen) atoms. The molecular formula is C30H31BrN2O4. The lowest BCUT2D eigenvalue weighted by Crippen LogP contribution is -2.50. The van der Waals surface area contributed by atoms with Crippen LogP contribution in [0.2, 0.25) is 0 Å². The number of hydrogen-bond donors (Lipinski definition) is 1. The van der Waals surface area contributed by atoms with Crippen molar-refractivity contribution in [1.29, 1.82) is 0 Å². The molecule has 0 fully saturated rings. The van der Waals surface area contributed by atoms with Crippen LogP contribution in [-0.4, -0.2) is 47.1 Å². The van der Waals surface area contributed by atoms with E-state index in [4.69, 9.17) is 19.6 Å². The van der Waals surface area contributed by atoms with Gasteiger partial charge in [-0.05, 0) is 47.9 Å². The lowest BCUT2D eigenvalue weighted by atomic mass is 9.82. The molecule has 2 atom stereocenters. The van der Waals surface area contributed by atoms with Crippen molar-refractivity contribution < 1.29 is 19.4 Å². The number of ether oxygens (including phenoxy) is 2. The lowest BCUT2D eigenvalue weighted by molar-refractivity contribution is -0.140. The monoisotopic (exact) mass is 562 g/mol. The molecule has 0 saturated carbocycles. The van der Waals surface area contributed by atoms with Crippen LogP contribution in [-0.2, 0) is 22.5 Å². The molecule has 0 aromatic heterocycles. The van der Waals surface area contributed by atoms with Gasteiger partial charge < -0.3 is 19.5 Å². The van der Waals surface area contributed by atoms with Gasteiger partial charge >= 0.3 is 0 Å². The normalized spacial score (nSPS) is 20.8. The molecule has 3 aromatic rings. The minimum Gasteiger partial charge on any atom is -0.494 e. The van der Waals surface area contributed by atoms with Gasteiger partial charge in [0.1, 0.15) is 5.75 Å². The first kappa shape index (κ1) is 25.5. The van der Waals surface area contributed by atoms with Crippen molar-refractivity contribution in [2.75, 3.05) is 19.8 Å². The highest BCUT2D eigenvalue weighted by atomic mass is 79.9. The molecule has 0 bridgehead atoms. The molecule has 1 spiro atoms. The molecule has 2 heterocycles. The van der Waals surface area contributed by atoms with Crippen LogP contribution in [0.15, 0.2) is 82.3 Å². The maximum atomic E-state index is 14.4. The largest absolute Gasteiger partial charge is 0.494 e. The van der Waals surface area contributed by atoms with Crippen LogP contribution in [0.25, 0.3) is 0 Å². The highest BCUT2D eigenvalue weighted by Gasteiger charge is 2.56. The van der Waals surface area contributed by atoms with E-state index in [1.54, 1.807) is 0 Å². The van der Waals surface area contributed by atoms with Crippen LogP contribution >= 0.6 is 15.9 Å². The number of carbonyl (C=O) groups is 1. The maximum absolute atomic E-state index is 14.4. The summed E-state index contributed by atoms with van der Waals surface area (Å²) in [7, 11) is 0. The fourth-order valence-electron chi connectivity index (χ4n) is 5.11. The molecule has 0 aliphatic carbocycles. The average Bonchev–Trinajstić information content (AvgIpc) is 3.24. The van der Waals surface area contributed by atoms with E-state index in [1.807, 2.05) is 65.6 Å². The smallest absolute Gasteiger partial charge is 0.255 e. The number of carbonyl (C=O) groups excluding carboxylic acids is 1. The Morgan fingerprint density at radius 3 is 2.54 bits per heavy atom. The molecule has 6 nitrogen and oxygen atoms in total. The zero-order valence-electron chi connectivity index (χ0n) is 20.9. The Balaban J connectivity index is 1.60. The second kappa shape index (κ2) is 11.1. The van der Waals surface area contributed by atoms with Gasteiger partial charge in [0.2, 0.25) is 5.90 Å². The summed E-state index contributed by atoms with van der Waals surface area (Å²) in [5.41, 5.74) is 2.83. The number of benzene rings is 3. The first-order valence-electron chi connectivity index (χ1n) is 12.8. The van der Waals surface area contributed by atoms with Crippen LogP contribution in [0.5, 0.6) is 5.75 Å². The predicted octanol–water partition coefficient (Wildman–Crippen LogP) is 5.46. The molecule has 7 heteroatoms. The second-order valence-electron chi connectivity index (χ2n) is 9.48. The first-order valence-corrected chi connectivity index (χ1v) is 13.6. The van der Waals surface area contributed by atoms with E-state index in [-0.39, 0.29) is 12.5 Å². The summed E-state index contributed by atoms with van der Waals surface area (Å²) < 4.78 is 13.2. The van der Waals surface area contributed by atoms with E-state index < -0.39 is 11.6 Å². The molecule has 0 radical (unpaired) electrons. The minimum atomic E-state index is -1.13. The highest BCUT2D eigenvalue weighted by molar-refractivity contribution is 9.10. The van der Waals surface area contributed by atoms with Gasteiger partial charge in [-0.25, -0.2) is 4.99 Å². The molecule has 0 saturated heterocycles. The topological polar surface area (TPSA) is 71.4 Å². The van der Waals surface area contributed by atoms with Crippen molar-refractivity contribution in [3.8, 4) is 5.75 Å². The van der Waals surface area contributed by atoms with E-state index in [0.717, 1.165) is 33.1 Å². The van der Waals surface area contributed by atoms with Crippen LogP contribution in [0.4, 0.5) is 0 Å². The summed E-state index contributed by atoms with van der Waals surface area (Å²) in [6.07, 6.45) is 1.31. The van der Waals surface area contributed by atoms with Crippen molar-refractivity contribution in [2.45, 2.75) is 44.4 Å². The van der Waals surface area contributed by atoms with E-state index >= 15 is 0 Å². The Bertz CT molecular complexity index is 1290. The van der Waals surface area contributed by atoms with Crippen molar-refractivity contribution >= 4 is 27.7 Å². The maximum Gasteiger partial charge on any atom is 0.255 e. The Morgan fingerprint density at radius 2 is 1.81 bits per heavy atom. The van der Waals surface area contributed by atoms with Crippen molar-refractivity contribution in [3.63, 3.8) is 0 Å². The average molecular weight is 563 g/mol. The second-order valence-corrected chi connectivity index (χ2v) is 10.3. The van der Waals surface area contributed by atoms with Gasteiger partial charge in [0.15, 0.2) is 11.6 Å². The Labute approximate surface area is 226 Å². The number of fused-ring (bicyclic) bond motifs is 1. The summed E-state index contributed by atoms with van der Waals surface area (Å²) in [6.45, 7) is 3.85. The molecule has 192 valence electrons. The van der Waals surface area contributed by atoms with Crippen LogP contribution in [0, 0.1) is 0 Å². The van der Waals surface area contributed by atoms with Gasteiger partial charge in [0, 0.05) is 48.1 Å². The predicted molar refractivity (Wildman–Crippen MR) is 147 cm³/mol. The number of halogens is 1. The van der Waals surface area contributed by atoms with Gasteiger partial charge in [-0.3, -0.25) is 4.79 Å². The summed E-state index contributed by atoms with van der Waals surface area (Å²) in [5.74, 6) is 1.15. The summed E-state index contributed by atoms with van der Waals surface area (Å²) in [6, 6.07) is 23.7. The van der Waals surface area contributed by atoms with Crippen molar-refractivity contribution in [1.82, 2.24) is 4.90 Å². The fraction of sp³-hybridized carbons (Fsp3) is 0.333. The molecule has 1 amide bonds. The van der Waals surface area contributed by atoms with Crippen molar-refractivity contribution in [2.24, 2.45) is 4.99 Å². The van der Waals surface area contributed by atoms with Gasteiger partial charge in [0.05, 0.1) is 6.61 Å². The van der Waals surface area contributed by atoms with E-state index in [1.165, 1.54) is 0 Å². The minimum absolute atomic E-state index is 0.00902. The Hall–Kier alpha value is -3.16. The number of hydrogen-bond acceptors (Lipinski definition) is 5. The number of rotatable bonds is 8. The van der Waals surface area contributed by atoms with Crippen LogP contribution in [0.1, 0.15) is 48.1 Å². The molecule has 5 rings (SSSR count). The molecular weight excluding hydrogens is 532 g/mol. The molecule has 2 aliphatic heterocycles. The van der Waals surface area contributed by atoms with Gasteiger partial charge in [0.25, 0.3) is 5.91 Å². The molecule has 2 aliphatic rings. The highest BCUT2D eigenvalue weighted by Crippen LogP contribution is 2.47. The standard InChI is InChI=1S/C30H31BrN2O4/c1-2-16-33-20-23-9-4-3-8-22(23)19-30(29(33)35)27(25-10-5-6-11-26(25)31)37-28(32-30)21-12-14-24(15-13-21)36-18-7-17-34/h3-6,8-15,27,34H,2,7,16-20H2,1H3/t27-,30-/m0/s1. The molecule has 1 N–H and O–H groups in total. The molecule has 0 unspecified atom stereocenters. The SMILES string of the molecule is CCCN1Cc2ccccc2C[C@@]2(N=C(c3ccc(OCCCO)cc3)O[C@H]2c2ccccc2Br)C1=O. The van der Waals surface area contributed by atoms with E-state index in [2.05, 4.69) is 35.0 Å². The van der Waals surface area contributed by atoms with Crippen LogP contribution < -0.4 is 4.74 Å².